The minimum atomic E-state index is -0.128. The molecular weight excluding hydrogens is 426 g/mol. The molecule has 0 aliphatic carbocycles. The van der Waals surface area contributed by atoms with Gasteiger partial charge in [-0.15, -0.1) is 0 Å². The second-order valence-electron chi connectivity index (χ2n) is 8.35. The van der Waals surface area contributed by atoms with Crippen molar-refractivity contribution in [1.29, 1.82) is 0 Å². The first-order chi connectivity index (χ1) is 16.5. The number of rotatable bonds is 12. The summed E-state index contributed by atoms with van der Waals surface area (Å²) in [6.07, 6.45) is 3.12. The molecule has 0 spiro atoms. The van der Waals surface area contributed by atoms with Crippen molar-refractivity contribution in [1.82, 2.24) is 4.90 Å². The molecule has 178 valence electrons. The van der Waals surface area contributed by atoms with Gasteiger partial charge in [-0.25, -0.2) is 0 Å². The molecule has 0 saturated carbocycles. The molecule has 6 heteroatoms. The average molecular weight is 460 g/mol. The summed E-state index contributed by atoms with van der Waals surface area (Å²) in [4.78, 5) is 25.6. The number of ether oxygens (including phenoxy) is 1. The highest BCUT2D eigenvalue weighted by atomic mass is 16.5. The lowest BCUT2D eigenvalue weighted by Gasteiger charge is -2.11. The third-order valence-corrected chi connectivity index (χ3v) is 5.39. The van der Waals surface area contributed by atoms with Crippen LogP contribution in [-0.2, 0) is 22.4 Å². The Morgan fingerprint density at radius 1 is 0.794 bits per heavy atom. The molecule has 34 heavy (non-hydrogen) atoms. The number of carbonyl (C=O) groups excluding carboxylic acids is 2. The van der Waals surface area contributed by atoms with Crippen LogP contribution in [0.3, 0.4) is 0 Å². The zero-order valence-corrected chi connectivity index (χ0v) is 19.9. The Morgan fingerprint density at radius 2 is 1.44 bits per heavy atom. The van der Waals surface area contributed by atoms with Crippen molar-refractivity contribution < 1.29 is 14.3 Å². The molecule has 0 heterocycles. The summed E-state index contributed by atoms with van der Waals surface area (Å²) in [6.45, 7) is 0.811. The third-order valence-electron chi connectivity index (χ3n) is 5.39. The molecule has 0 radical (unpaired) electrons. The van der Waals surface area contributed by atoms with Crippen molar-refractivity contribution in [3.05, 3.63) is 90.0 Å². The van der Waals surface area contributed by atoms with Gasteiger partial charge >= 0.3 is 0 Å². The average Bonchev–Trinajstić information content (AvgIpc) is 2.86. The second-order valence-corrected chi connectivity index (χ2v) is 8.35. The summed E-state index contributed by atoms with van der Waals surface area (Å²) < 4.78 is 5.80. The van der Waals surface area contributed by atoms with E-state index < -0.39 is 0 Å². The Balaban J connectivity index is 1.34. The van der Waals surface area contributed by atoms with E-state index >= 15 is 0 Å². The maximum absolute atomic E-state index is 12.3. The highest BCUT2D eigenvalue weighted by Gasteiger charge is 2.06. The Hall–Kier alpha value is -3.80. The van der Waals surface area contributed by atoms with Crippen LogP contribution in [0.2, 0.25) is 0 Å². The quantitative estimate of drug-likeness (QED) is 0.383. The van der Waals surface area contributed by atoms with E-state index in [-0.39, 0.29) is 18.4 Å². The number of amides is 2. The smallest absolute Gasteiger partial charge is 0.243 e. The highest BCUT2D eigenvalue weighted by Crippen LogP contribution is 2.17. The molecule has 0 fully saturated rings. The van der Waals surface area contributed by atoms with E-state index in [1.54, 1.807) is 19.0 Å². The molecule has 3 aromatic carbocycles. The number of hydrogen-bond donors (Lipinski definition) is 2. The van der Waals surface area contributed by atoms with Crippen LogP contribution >= 0.6 is 0 Å². The summed E-state index contributed by atoms with van der Waals surface area (Å²) in [6, 6.07) is 25.6. The fourth-order valence-electron chi connectivity index (χ4n) is 3.40. The number of benzene rings is 3. The summed E-state index contributed by atoms with van der Waals surface area (Å²) in [7, 11) is 3.52. The molecule has 3 aromatic rings. The predicted molar refractivity (Wildman–Crippen MR) is 137 cm³/mol. The van der Waals surface area contributed by atoms with Crippen molar-refractivity contribution in [2.45, 2.75) is 25.7 Å². The molecule has 3 rings (SSSR count). The van der Waals surface area contributed by atoms with E-state index in [4.69, 9.17) is 4.74 Å². The Kier molecular flexibility index (Phi) is 9.52. The summed E-state index contributed by atoms with van der Waals surface area (Å²) in [5, 5.41) is 6.01. The first-order valence-corrected chi connectivity index (χ1v) is 11.6. The first kappa shape index (κ1) is 24.8. The van der Waals surface area contributed by atoms with Crippen LogP contribution in [0.15, 0.2) is 78.9 Å². The van der Waals surface area contributed by atoms with Crippen LogP contribution in [0.5, 0.6) is 5.75 Å². The molecule has 2 amide bonds. The highest BCUT2D eigenvalue weighted by molar-refractivity contribution is 5.93. The number of nitrogens with one attached hydrogen (secondary N) is 2. The van der Waals surface area contributed by atoms with E-state index in [1.807, 2.05) is 66.7 Å². The van der Waals surface area contributed by atoms with E-state index in [0.29, 0.717) is 19.4 Å². The molecule has 0 unspecified atom stereocenters. The molecule has 0 bridgehead atoms. The van der Waals surface area contributed by atoms with E-state index in [2.05, 4.69) is 22.8 Å². The SMILES string of the molecule is CN(C)C(=O)CCc1ccc(NCC(=O)Nc2ccc(OCCCc3ccccc3)cc2)cc1. The number of hydrogen-bond acceptors (Lipinski definition) is 4. The monoisotopic (exact) mass is 459 g/mol. The van der Waals surface area contributed by atoms with Crippen molar-refractivity contribution in [3.63, 3.8) is 0 Å². The predicted octanol–water partition coefficient (Wildman–Crippen LogP) is 4.77. The largest absolute Gasteiger partial charge is 0.494 e. The van der Waals surface area contributed by atoms with E-state index in [0.717, 1.165) is 35.5 Å². The molecule has 0 aliphatic rings. The van der Waals surface area contributed by atoms with Crippen LogP contribution in [0.4, 0.5) is 11.4 Å². The fraction of sp³-hybridized carbons (Fsp3) is 0.286. The van der Waals surface area contributed by atoms with Gasteiger partial charge in [0.15, 0.2) is 0 Å². The zero-order chi connectivity index (χ0) is 24.2. The lowest BCUT2D eigenvalue weighted by atomic mass is 10.1. The second kappa shape index (κ2) is 13.0. The van der Waals surface area contributed by atoms with Gasteiger partial charge in [0, 0.05) is 31.9 Å². The summed E-state index contributed by atoms with van der Waals surface area (Å²) in [5.41, 5.74) is 3.99. The van der Waals surface area contributed by atoms with Gasteiger partial charge in [0.05, 0.1) is 13.2 Å². The molecule has 0 aliphatic heterocycles. The van der Waals surface area contributed by atoms with E-state index in [9.17, 15) is 9.59 Å². The molecule has 0 aromatic heterocycles. The molecule has 6 nitrogen and oxygen atoms in total. The minimum Gasteiger partial charge on any atom is -0.494 e. The first-order valence-electron chi connectivity index (χ1n) is 11.6. The standard InChI is InChI=1S/C28H33N3O3/c1-31(2)28(33)19-12-23-10-13-24(14-11-23)29-21-27(32)30-25-15-17-26(18-16-25)34-20-6-9-22-7-4-3-5-8-22/h3-5,7-8,10-11,13-18,29H,6,9,12,19-21H2,1-2H3,(H,30,32). The van der Waals surface area contributed by atoms with Gasteiger partial charge in [-0.1, -0.05) is 42.5 Å². The normalized spacial score (nSPS) is 10.4. The Labute approximate surface area is 201 Å². The van der Waals surface area contributed by atoms with Gasteiger partial charge in [0.25, 0.3) is 0 Å². The topological polar surface area (TPSA) is 70.7 Å². The lowest BCUT2D eigenvalue weighted by Crippen LogP contribution is -2.22. The van der Waals surface area contributed by atoms with E-state index in [1.165, 1.54) is 5.56 Å². The third kappa shape index (κ3) is 8.62. The number of carbonyl (C=O) groups is 2. The molecular formula is C28H33N3O3. The van der Waals surface area contributed by atoms with Crippen LogP contribution in [-0.4, -0.2) is 44.0 Å². The van der Waals surface area contributed by atoms with Gasteiger partial charge in [-0.2, -0.15) is 0 Å². The number of nitrogens with zero attached hydrogens (tertiary/aromatic N) is 1. The minimum absolute atomic E-state index is 0.113. The number of aryl methyl sites for hydroxylation is 2. The van der Waals surface area contributed by atoms with Crippen molar-refractivity contribution in [2.75, 3.05) is 37.9 Å². The Morgan fingerprint density at radius 3 is 2.12 bits per heavy atom. The van der Waals surface area contributed by atoms with Crippen molar-refractivity contribution in [3.8, 4) is 5.75 Å². The summed E-state index contributed by atoms with van der Waals surface area (Å²) in [5.74, 6) is 0.773. The Bertz CT molecular complexity index is 1030. The van der Waals surface area contributed by atoms with Crippen LogP contribution in [0, 0.1) is 0 Å². The fourth-order valence-corrected chi connectivity index (χ4v) is 3.40. The zero-order valence-electron chi connectivity index (χ0n) is 19.9. The van der Waals surface area contributed by atoms with Crippen molar-refractivity contribution in [2.24, 2.45) is 0 Å². The van der Waals surface area contributed by atoms with Gasteiger partial charge in [-0.05, 0) is 66.8 Å². The number of anilines is 2. The molecule has 2 N–H and O–H groups in total. The van der Waals surface area contributed by atoms with Crippen LogP contribution in [0.25, 0.3) is 0 Å². The molecule has 0 saturated heterocycles. The van der Waals surface area contributed by atoms with Crippen LogP contribution in [0.1, 0.15) is 24.0 Å². The van der Waals surface area contributed by atoms with Gasteiger partial charge < -0.3 is 20.3 Å². The summed E-state index contributed by atoms with van der Waals surface area (Å²) >= 11 is 0. The van der Waals surface area contributed by atoms with Crippen LogP contribution < -0.4 is 15.4 Å². The van der Waals surface area contributed by atoms with Gasteiger partial charge in [0.1, 0.15) is 5.75 Å². The van der Waals surface area contributed by atoms with Crippen molar-refractivity contribution >= 4 is 23.2 Å². The molecule has 0 atom stereocenters. The maximum atomic E-state index is 12.3. The van der Waals surface area contributed by atoms with Gasteiger partial charge in [0.2, 0.25) is 11.8 Å². The van der Waals surface area contributed by atoms with Gasteiger partial charge in [-0.3, -0.25) is 9.59 Å². The lowest BCUT2D eigenvalue weighted by molar-refractivity contribution is -0.128. The maximum Gasteiger partial charge on any atom is 0.243 e.